The van der Waals surface area contributed by atoms with Crippen LogP contribution < -0.4 is 10.9 Å². The zero-order valence-corrected chi connectivity index (χ0v) is 17.7. The average molecular weight is 428 g/mol. The molecule has 1 heterocycles. The summed E-state index contributed by atoms with van der Waals surface area (Å²) >= 11 is 6.05. The fourth-order valence-corrected chi connectivity index (χ4v) is 3.16. The highest BCUT2D eigenvalue weighted by molar-refractivity contribution is 6.31. The molecule has 0 unspecified atom stereocenters. The van der Waals surface area contributed by atoms with E-state index in [0.717, 1.165) is 0 Å². The Balaban J connectivity index is 1.81. The number of rotatable bonds is 6. The number of ether oxygens (including phenoxy) is 1. The van der Waals surface area contributed by atoms with Gasteiger partial charge in [0.25, 0.3) is 11.5 Å². The summed E-state index contributed by atoms with van der Waals surface area (Å²) in [5.74, 6) is -1.12. The zero-order chi connectivity index (χ0) is 21.8. The molecule has 0 saturated heterocycles. The molecule has 3 rings (SSSR count). The molecule has 1 amide bonds. The predicted octanol–water partition coefficient (Wildman–Crippen LogP) is 3.81. The highest BCUT2D eigenvalue weighted by Crippen LogP contribution is 2.23. The van der Waals surface area contributed by atoms with E-state index in [1.54, 1.807) is 49.4 Å². The van der Waals surface area contributed by atoms with E-state index in [2.05, 4.69) is 10.4 Å². The molecule has 2 aromatic carbocycles. The van der Waals surface area contributed by atoms with Crippen LogP contribution in [-0.2, 0) is 16.1 Å². The Morgan fingerprint density at radius 1 is 1.13 bits per heavy atom. The number of halogens is 1. The molecule has 0 fully saturated rings. The van der Waals surface area contributed by atoms with Gasteiger partial charge >= 0.3 is 5.97 Å². The normalized spacial score (nSPS) is 11.0. The van der Waals surface area contributed by atoms with Gasteiger partial charge in [0.05, 0.1) is 5.39 Å². The quantitative estimate of drug-likeness (QED) is 0.604. The van der Waals surface area contributed by atoms with Crippen molar-refractivity contribution in [3.8, 4) is 0 Å². The molecule has 8 heteroatoms. The van der Waals surface area contributed by atoms with Gasteiger partial charge in [0.15, 0.2) is 12.3 Å². The van der Waals surface area contributed by atoms with Crippen LogP contribution in [0.1, 0.15) is 29.9 Å². The molecule has 0 radical (unpaired) electrons. The molecule has 3 aromatic rings. The van der Waals surface area contributed by atoms with Crippen LogP contribution >= 0.6 is 11.6 Å². The van der Waals surface area contributed by atoms with Crippen molar-refractivity contribution in [1.82, 2.24) is 9.78 Å². The van der Waals surface area contributed by atoms with Crippen molar-refractivity contribution in [1.29, 1.82) is 0 Å². The zero-order valence-electron chi connectivity index (χ0n) is 16.9. The van der Waals surface area contributed by atoms with Crippen molar-refractivity contribution in [3.05, 3.63) is 69.1 Å². The van der Waals surface area contributed by atoms with Gasteiger partial charge < -0.3 is 10.1 Å². The molecule has 0 aliphatic carbocycles. The Morgan fingerprint density at radius 3 is 2.53 bits per heavy atom. The Morgan fingerprint density at radius 2 is 1.83 bits per heavy atom. The molecule has 0 saturated carbocycles. The molecular weight excluding hydrogens is 406 g/mol. The first-order chi connectivity index (χ1) is 14.3. The lowest BCUT2D eigenvalue weighted by Gasteiger charge is -2.13. The predicted molar refractivity (Wildman–Crippen MR) is 116 cm³/mol. The maximum Gasteiger partial charge on any atom is 0.359 e. The number of hydrogen-bond acceptors (Lipinski definition) is 5. The lowest BCUT2D eigenvalue weighted by atomic mass is 10.1. The van der Waals surface area contributed by atoms with Crippen molar-refractivity contribution >= 4 is 39.9 Å². The molecule has 0 aliphatic heterocycles. The van der Waals surface area contributed by atoms with Crippen LogP contribution in [0.5, 0.6) is 0 Å². The summed E-state index contributed by atoms with van der Waals surface area (Å²) in [6.07, 6.45) is 0. The molecule has 30 heavy (non-hydrogen) atoms. The average Bonchev–Trinajstić information content (AvgIpc) is 2.71. The highest BCUT2D eigenvalue weighted by Gasteiger charge is 2.19. The first-order valence-electron chi connectivity index (χ1n) is 9.50. The second-order valence-corrected chi connectivity index (χ2v) is 7.72. The summed E-state index contributed by atoms with van der Waals surface area (Å²) in [6.45, 7) is 5.54. The van der Waals surface area contributed by atoms with Crippen LogP contribution in [0.4, 0.5) is 5.69 Å². The summed E-state index contributed by atoms with van der Waals surface area (Å²) in [6, 6.07) is 11.8. The molecule has 0 atom stereocenters. The number of carbonyl (C=O) groups excluding carboxylic acids is 2. The number of carbonyl (C=O) groups is 2. The van der Waals surface area contributed by atoms with E-state index in [-0.39, 0.29) is 17.2 Å². The molecule has 1 aromatic heterocycles. The van der Waals surface area contributed by atoms with Crippen molar-refractivity contribution in [3.63, 3.8) is 0 Å². The first kappa shape index (κ1) is 21.5. The van der Waals surface area contributed by atoms with Crippen molar-refractivity contribution in [2.75, 3.05) is 11.9 Å². The van der Waals surface area contributed by atoms with Crippen LogP contribution in [0.3, 0.4) is 0 Å². The number of nitrogens with one attached hydrogen (secondary N) is 1. The third-order valence-electron chi connectivity index (χ3n) is 4.48. The third kappa shape index (κ3) is 4.68. The fraction of sp³-hybridized carbons (Fsp3) is 0.273. The van der Waals surface area contributed by atoms with Crippen LogP contribution in [0.15, 0.2) is 47.3 Å². The molecule has 0 bridgehead atoms. The number of amides is 1. The number of esters is 1. The summed E-state index contributed by atoms with van der Waals surface area (Å²) in [4.78, 5) is 37.6. The lowest BCUT2D eigenvalue weighted by Crippen LogP contribution is -2.29. The summed E-state index contributed by atoms with van der Waals surface area (Å²) in [7, 11) is 0. The standard InChI is InChI=1S/C22H22ClN3O4/c1-13(2)11-26-21(28)16-8-5-4-7-15(16)20(25-26)22(29)30-12-19(27)24-18-10-6-9-17(23)14(18)3/h4-10,13H,11-12H2,1-3H3,(H,24,27). The van der Waals surface area contributed by atoms with E-state index in [1.165, 1.54) is 4.68 Å². The van der Waals surface area contributed by atoms with E-state index in [9.17, 15) is 14.4 Å². The summed E-state index contributed by atoms with van der Waals surface area (Å²) in [5.41, 5.74) is 0.979. The Kier molecular flexibility index (Phi) is 6.52. The van der Waals surface area contributed by atoms with Gasteiger partial charge in [-0.3, -0.25) is 9.59 Å². The van der Waals surface area contributed by atoms with Crippen molar-refractivity contribution in [2.24, 2.45) is 5.92 Å². The lowest BCUT2D eigenvalue weighted by molar-refractivity contribution is -0.119. The number of hydrogen-bond donors (Lipinski definition) is 1. The van der Waals surface area contributed by atoms with Gasteiger partial charge in [-0.05, 0) is 36.6 Å². The number of aromatic nitrogens is 2. The van der Waals surface area contributed by atoms with Crippen LogP contribution in [0, 0.1) is 12.8 Å². The minimum Gasteiger partial charge on any atom is -0.451 e. The topological polar surface area (TPSA) is 90.3 Å². The van der Waals surface area contributed by atoms with Gasteiger partial charge in [0.1, 0.15) is 0 Å². The highest BCUT2D eigenvalue weighted by atomic mass is 35.5. The Bertz CT molecular complexity index is 1170. The van der Waals surface area contributed by atoms with E-state index >= 15 is 0 Å². The maximum absolute atomic E-state index is 12.7. The maximum atomic E-state index is 12.7. The van der Waals surface area contributed by atoms with Gasteiger partial charge in [0, 0.05) is 22.6 Å². The second kappa shape index (κ2) is 9.09. The smallest absolute Gasteiger partial charge is 0.359 e. The van der Waals surface area contributed by atoms with Crippen LogP contribution in [0.25, 0.3) is 10.8 Å². The minimum atomic E-state index is -0.776. The summed E-state index contributed by atoms with van der Waals surface area (Å²) < 4.78 is 6.44. The number of benzene rings is 2. The molecule has 7 nitrogen and oxygen atoms in total. The number of nitrogens with zero attached hydrogens (tertiary/aromatic N) is 2. The monoisotopic (exact) mass is 427 g/mol. The molecular formula is C22H22ClN3O4. The first-order valence-corrected chi connectivity index (χ1v) is 9.87. The Labute approximate surface area is 178 Å². The van der Waals surface area contributed by atoms with Crippen LogP contribution in [-0.4, -0.2) is 28.3 Å². The largest absolute Gasteiger partial charge is 0.451 e. The van der Waals surface area contributed by atoms with Gasteiger partial charge in [-0.25, -0.2) is 9.48 Å². The number of anilines is 1. The second-order valence-electron chi connectivity index (χ2n) is 7.31. The SMILES string of the molecule is Cc1c(Cl)cccc1NC(=O)COC(=O)c1nn(CC(C)C)c(=O)c2ccccc12. The van der Waals surface area contributed by atoms with Gasteiger partial charge in [0.2, 0.25) is 0 Å². The van der Waals surface area contributed by atoms with E-state index in [0.29, 0.717) is 33.6 Å². The van der Waals surface area contributed by atoms with Crippen molar-refractivity contribution < 1.29 is 14.3 Å². The van der Waals surface area contributed by atoms with Gasteiger partial charge in [-0.15, -0.1) is 0 Å². The number of fused-ring (bicyclic) bond motifs is 1. The Hall–Kier alpha value is -3.19. The fourth-order valence-electron chi connectivity index (χ4n) is 2.98. The van der Waals surface area contributed by atoms with Gasteiger partial charge in [-0.2, -0.15) is 5.10 Å². The molecule has 156 valence electrons. The third-order valence-corrected chi connectivity index (χ3v) is 4.88. The molecule has 0 aliphatic rings. The van der Waals surface area contributed by atoms with Gasteiger partial charge in [-0.1, -0.05) is 49.7 Å². The van der Waals surface area contributed by atoms with E-state index in [1.807, 2.05) is 13.8 Å². The van der Waals surface area contributed by atoms with E-state index < -0.39 is 18.5 Å². The van der Waals surface area contributed by atoms with E-state index in [4.69, 9.17) is 16.3 Å². The molecule has 0 spiro atoms. The van der Waals surface area contributed by atoms with Crippen LogP contribution in [0.2, 0.25) is 5.02 Å². The summed E-state index contributed by atoms with van der Waals surface area (Å²) in [5, 5.41) is 8.16. The minimum absolute atomic E-state index is 0.00224. The van der Waals surface area contributed by atoms with Crippen molar-refractivity contribution in [2.45, 2.75) is 27.3 Å². The molecule has 1 N–H and O–H groups in total.